The molecular weight excluding hydrogens is 362 g/mol. The van der Waals surface area contributed by atoms with Crippen molar-refractivity contribution in [2.75, 3.05) is 19.0 Å². The molecule has 0 unspecified atom stereocenters. The Hall–Kier alpha value is -3.10. The number of ether oxygens (including phenoxy) is 2. The molecule has 2 aromatic rings. The van der Waals surface area contributed by atoms with Crippen molar-refractivity contribution in [3.05, 3.63) is 35.7 Å². The third-order valence-corrected chi connectivity index (χ3v) is 4.66. The van der Waals surface area contributed by atoms with Gasteiger partial charge in [0.15, 0.2) is 5.82 Å². The molecule has 1 saturated carbocycles. The first kappa shape index (κ1) is 19.7. The smallest absolute Gasteiger partial charge is 0.407 e. The van der Waals surface area contributed by atoms with Crippen molar-refractivity contribution in [2.45, 2.75) is 44.6 Å². The van der Waals surface area contributed by atoms with Crippen LogP contribution in [0.5, 0.6) is 5.88 Å². The van der Waals surface area contributed by atoms with Gasteiger partial charge in [-0.05, 0) is 31.7 Å². The van der Waals surface area contributed by atoms with Crippen molar-refractivity contribution >= 4 is 17.8 Å². The van der Waals surface area contributed by atoms with Crippen molar-refractivity contribution in [2.24, 2.45) is 0 Å². The van der Waals surface area contributed by atoms with Crippen LogP contribution in [-0.2, 0) is 4.74 Å². The summed E-state index contributed by atoms with van der Waals surface area (Å²) in [6, 6.07) is 5.08. The van der Waals surface area contributed by atoms with E-state index in [9.17, 15) is 9.59 Å². The van der Waals surface area contributed by atoms with Gasteiger partial charge in [-0.3, -0.25) is 9.89 Å². The zero-order chi connectivity index (χ0) is 19.9. The highest BCUT2D eigenvalue weighted by Crippen LogP contribution is 2.35. The number of hydrogen-bond acceptors (Lipinski definition) is 6. The monoisotopic (exact) mass is 387 g/mol. The van der Waals surface area contributed by atoms with Crippen LogP contribution in [-0.4, -0.2) is 46.9 Å². The number of hydrogen-bond donors (Lipinski definition) is 3. The van der Waals surface area contributed by atoms with Gasteiger partial charge in [0.2, 0.25) is 5.88 Å². The van der Waals surface area contributed by atoms with Crippen LogP contribution in [0.25, 0.3) is 0 Å². The van der Waals surface area contributed by atoms with Crippen LogP contribution < -0.4 is 15.4 Å². The molecule has 2 amide bonds. The Kier molecular flexibility index (Phi) is 6.46. The fraction of sp³-hybridized carbons (Fsp3) is 0.474. The minimum atomic E-state index is -0.363. The molecule has 1 aliphatic rings. The minimum absolute atomic E-state index is 0.103. The predicted octanol–water partition coefficient (Wildman–Crippen LogP) is 2.84. The van der Waals surface area contributed by atoms with E-state index in [0.29, 0.717) is 23.8 Å². The highest BCUT2D eigenvalue weighted by Gasteiger charge is 2.30. The fourth-order valence-electron chi connectivity index (χ4n) is 3.18. The highest BCUT2D eigenvalue weighted by molar-refractivity contribution is 6.03. The van der Waals surface area contributed by atoms with E-state index in [4.69, 9.17) is 9.47 Å². The normalized spacial score (nSPS) is 18.5. The second kappa shape index (κ2) is 9.20. The number of alkyl carbamates (subject to hydrolysis) is 1. The maximum atomic E-state index is 12.3. The Balaban J connectivity index is 1.52. The summed E-state index contributed by atoms with van der Waals surface area (Å²) in [6.07, 6.45) is 4.29. The van der Waals surface area contributed by atoms with E-state index < -0.39 is 0 Å². The average molecular weight is 387 g/mol. The molecule has 2 atom stereocenters. The number of methoxy groups -OCH3 is 1. The molecule has 2 heterocycles. The lowest BCUT2D eigenvalue weighted by Gasteiger charge is -2.12. The van der Waals surface area contributed by atoms with Crippen molar-refractivity contribution < 1.29 is 19.1 Å². The molecule has 0 radical (unpaired) electrons. The summed E-state index contributed by atoms with van der Waals surface area (Å²) in [4.78, 5) is 28.0. The van der Waals surface area contributed by atoms with Crippen LogP contribution in [0.1, 0.15) is 54.6 Å². The van der Waals surface area contributed by atoms with Gasteiger partial charge >= 0.3 is 6.09 Å². The first-order valence-corrected chi connectivity index (χ1v) is 9.40. The van der Waals surface area contributed by atoms with E-state index in [-0.39, 0.29) is 24.0 Å². The summed E-state index contributed by atoms with van der Waals surface area (Å²) in [5.41, 5.74) is 1.33. The number of aromatic amines is 1. The molecule has 3 rings (SSSR count). The number of pyridine rings is 1. The zero-order valence-electron chi connectivity index (χ0n) is 16.0. The van der Waals surface area contributed by atoms with Crippen molar-refractivity contribution in [3.8, 4) is 5.88 Å². The fourth-order valence-corrected chi connectivity index (χ4v) is 3.18. The molecule has 0 saturated heterocycles. The molecule has 0 aliphatic heterocycles. The molecule has 9 nitrogen and oxygen atoms in total. The summed E-state index contributed by atoms with van der Waals surface area (Å²) < 4.78 is 10.4. The van der Waals surface area contributed by atoms with E-state index in [2.05, 4.69) is 25.8 Å². The molecule has 0 bridgehead atoms. The van der Waals surface area contributed by atoms with E-state index in [0.717, 1.165) is 31.4 Å². The number of aromatic nitrogens is 3. The lowest BCUT2D eigenvalue weighted by molar-refractivity contribution is 0.0998. The van der Waals surface area contributed by atoms with E-state index in [1.165, 1.54) is 13.3 Å². The van der Waals surface area contributed by atoms with Gasteiger partial charge in [0.25, 0.3) is 5.91 Å². The van der Waals surface area contributed by atoms with Crippen molar-refractivity contribution in [3.63, 3.8) is 0 Å². The highest BCUT2D eigenvalue weighted by atomic mass is 16.6. The molecular formula is C19H25N5O4. The molecule has 0 aromatic carbocycles. The third kappa shape index (κ3) is 4.99. The van der Waals surface area contributed by atoms with Crippen LogP contribution in [0.2, 0.25) is 0 Å². The summed E-state index contributed by atoms with van der Waals surface area (Å²) in [5, 5.41) is 12.6. The Morgan fingerprint density at radius 1 is 1.32 bits per heavy atom. The second-order valence-corrected chi connectivity index (χ2v) is 6.72. The molecule has 150 valence electrons. The largest absolute Gasteiger partial charge is 0.481 e. The molecule has 2 aromatic heterocycles. The Labute approximate surface area is 163 Å². The molecule has 3 N–H and O–H groups in total. The molecule has 1 aliphatic carbocycles. The van der Waals surface area contributed by atoms with Gasteiger partial charge in [-0.1, -0.05) is 6.92 Å². The SMILES string of the molecule is CCCNC(=O)O[C@H]1CC[C@@H](c2cc(NC(=O)c3ccc(OC)nc3)n[nH]2)C1. The van der Waals surface area contributed by atoms with Crippen molar-refractivity contribution in [1.82, 2.24) is 20.5 Å². The van der Waals surface area contributed by atoms with Crippen LogP contribution in [0.3, 0.4) is 0 Å². The van der Waals surface area contributed by atoms with Gasteiger partial charge in [-0.15, -0.1) is 0 Å². The number of nitrogens with zero attached hydrogens (tertiary/aromatic N) is 2. The number of nitrogens with one attached hydrogen (secondary N) is 3. The summed E-state index contributed by atoms with van der Waals surface area (Å²) in [5.74, 6) is 0.805. The van der Waals surface area contributed by atoms with E-state index in [1.54, 1.807) is 12.1 Å². The van der Waals surface area contributed by atoms with Crippen LogP contribution in [0.4, 0.5) is 10.6 Å². The lowest BCUT2D eigenvalue weighted by atomic mass is 10.0. The van der Waals surface area contributed by atoms with E-state index in [1.807, 2.05) is 13.0 Å². The zero-order valence-corrected chi connectivity index (χ0v) is 16.0. The summed E-state index contributed by atoms with van der Waals surface area (Å²) >= 11 is 0. The molecule has 0 spiro atoms. The number of carbonyl (C=O) groups excluding carboxylic acids is 2. The maximum absolute atomic E-state index is 12.3. The topological polar surface area (TPSA) is 118 Å². The van der Waals surface area contributed by atoms with Crippen LogP contribution in [0.15, 0.2) is 24.4 Å². The number of anilines is 1. The predicted molar refractivity (Wildman–Crippen MR) is 102 cm³/mol. The number of H-pyrrole nitrogens is 1. The van der Waals surface area contributed by atoms with Gasteiger partial charge in [0.05, 0.1) is 12.7 Å². The molecule has 1 fully saturated rings. The van der Waals surface area contributed by atoms with Gasteiger partial charge in [0.1, 0.15) is 6.10 Å². The molecule has 28 heavy (non-hydrogen) atoms. The van der Waals surface area contributed by atoms with Gasteiger partial charge in [-0.25, -0.2) is 9.78 Å². The van der Waals surface area contributed by atoms with E-state index >= 15 is 0 Å². The lowest BCUT2D eigenvalue weighted by Crippen LogP contribution is -2.28. The van der Waals surface area contributed by atoms with Gasteiger partial charge < -0.3 is 20.1 Å². The second-order valence-electron chi connectivity index (χ2n) is 6.72. The van der Waals surface area contributed by atoms with Crippen LogP contribution >= 0.6 is 0 Å². The quantitative estimate of drug-likeness (QED) is 0.672. The standard InChI is InChI=1S/C19H25N5O4/c1-3-8-20-19(26)28-14-6-4-12(9-14)15-10-16(24-23-15)22-18(25)13-5-7-17(27-2)21-11-13/h5,7,10-12,14H,3-4,6,8-9H2,1-2H3,(H,20,26)(H2,22,23,24,25)/t12-,14+/m1/s1. The number of amides is 2. The summed E-state index contributed by atoms with van der Waals surface area (Å²) in [7, 11) is 1.52. The van der Waals surface area contributed by atoms with Gasteiger partial charge in [-0.2, -0.15) is 5.10 Å². The van der Waals surface area contributed by atoms with Crippen LogP contribution in [0, 0.1) is 0 Å². The molecule has 9 heteroatoms. The first-order valence-electron chi connectivity index (χ1n) is 9.40. The first-order chi connectivity index (χ1) is 13.6. The summed E-state index contributed by atoms with van der Waals surface area (Å²) in [6.45, 7) is 2.61. The number of rotatable bonds is 7. The minimum Gasteiger partial charge on any atom is -0.481 e. The Morgan fingerprint density at radius 3 is 2.89 bits per heavy atom. The maximum Gasteiger partial charge on any atom is 0.407 e. The third-order valence-electron chi connectivity index (χ3n) is 4.66. The Bertz CT molecular complexity index is 805. The number of carbonyl (C=O) groups is 2. The van der Waals surface area contributed by atoms with Gasteiger partial charge in [0, 0.05) is 36.5 Å². The average Bonchev–Trinajstić information content (AvgIpc) is 3.36. The Morgan fingerprint density at radius 2 is 2.18 bits per heavy atom. The van der Waals surface area contributed by atoms with Crippen molar-refractivity contribution in [1.29, 1.82) is 0 Å².